The highest BCUT2D eigenvalue weighted by Crippen LogP contribution is 2.37. The molecule has 0 aliphatic carbocycles. The van der Waals surface area contributed by atoms with Gasteiger partial charge in [0.05, 0.1) is 0 Å². The molecule has 2 aromatic carbocycles. The van der Waals surface area contributed by atoms with E-state index < -0.39 is 5.92 Å². The monoisotopic (exact) mass is 444 g/mol. The van der Waals surface area contributed by atoms with Crippen LogP contribution in [0, 0.1) is 6.92 Å². The second-order valence-corrected chi connectivity index (χ2v) is 8.94. The van der Waals surface area contributed by atoms with E-state index in [-0.39, 0.29) is 11.3 Å². The summed E-state index contributed by atoms with van der Waals surface area (Å²) in [5.74, 6) is -2.78. The summed E-state index contributed by atoms with van der Waals surface area (Å²) < 4.78 is 27.6. The predicted molar refractivity (Wildman–Crippen MR) is 123 cm³/mol. The van der Waals surface area contributed by atoms with Crippen LogP contribution in [0.5, 0.6) is 5.75 Å². The number of rotatable bonds is 5. The number of nitrogens with zero attached hydrogens (tertiary/aromatic N) is 1. The Morgan fingerprint density at radius 1 is 1.19 bits per heavy atom. The Labute approximate surface area is 186 Å². The number of nitrogens with one attached hydrogen (secondary N) is 1. The summed E-state index contributed by atoms with van der Waals surface area (Å²) in [6, 6.07) is 8.46. The first kappa shape index (κ1) is 21.7. The fourth-order valence-electron chi connectivity index (χ4n) is 4.37. The molecule has 164 valence electrons. The van der Waals surface area contributed by atoms with Crippen molar-refractivity contribution in [3.8, 4) is 5.75 Å². The number of hydrogen-bond acceptors (Lipinski definition) is 2. The Hall–Kier alpha value is -2.53. The number of H-pyrrole nitrogens is 1. The lowest BCUT2D eigenvalue weighted by Crippen LogP contribution is -2.27. The number of piperidine rings is 1. The maximum atomic E-state index is 13.8. The Morgan fingerprint density at radius 3 is 2.58 bits per heavy atom. The van der Waals surface area contributed by atoms with Crippen molar-refractivity contribution in [2.24, 2.45) is 0 Å². The molecule has 1 aliphatic heterocycles. The van der Waals surface area contributed by atoms with Gasteiger partial charge in [-0.05, 0) is 62.1 Å². The highest BCUT2D eigenvalue weighted by Gasteiger charge is 2.25. The highest BCUT2D eigenvalue weighted by molar-refractivity contribution is 6.31. The van der Waals surface area contributed by atoms with Gasteiger partial charge in [-0.25, -0.2) is 8.78 Å². The minimum absolute atomic E-state index is 0.0104. The normalized spacial score (nSPS) is 14.9. The highest BCUT2D eigenvalue weighted by atomic mass is 35.5. The van der Waals surface area contributed by atoms with Gasteiger partial charge in [0.1, 0.15) is 5.75 Å². The number of aromatic hydroxyl groups is 1. The summed E-state index contributed by atoms with van der Waals surface area (Å²) in [6.45, 7) is 8.79. The lowest BCUT2D eigenvalue weighted by molar-refractivity contribution is 0.0175. The van der Waals surface area contributed by atoms with Crippen molar-refractivity contribution in [3.05, 3.63) is 69.9 Å². The molecule has 0 atom stereocenters. The first-order valence-electron chi connectivity index (χ1n) is 10.6. The Morgan fingerprint density at radius 2 is 1.90 bits per heavy atom. The zero-order valence-electron chi connectivity index (χ0n) is 17.9. The number of hydrogen-bond donors (Lipinski definition) is 2. The van der Waals surface area contributed by atoms with Crippen LogP contribution in [0.25, 0.3) is 16.6 Å². The molecule has 0 spiro atoms. The standard InChI is InChI=1S/C25H27ClF2N2O/c1-15-11-18(25(3,27)28)12-17-13-19(29-23(15)17)14-21-22(26)8-7-20(24(21)31)16(2)30-9-5-4-6-10-30/h7-8,11-13,29,31H,2,4-6,9-10,14H2,1,3H3. The van der Waals surface area contributed by atoms with Gasteiger partial charge >= 0.3 is 0 Å². The zero-order valence-corrected chi connectivity index (χ0v) is 18.6. The number of alkyl halides is 2. The minimum atomic E-state index is -2.90. The van der Waals surface area contributed by atoms with Crippen LogP contribution >= 0.6 is 11.6 Å². The van der Waals surface area contributed by atoms with Crippen molar-refractivity contribution in [3.63, 3.8) is 0 Å². The molecule has 2 heterocycles. The third kappa shape index (κ3) is 4.29. The average Bonchev–Trinajstić information content (AvgIpc) is 3.14. The van der Waals surface area contributed by atoms with Gasteiger partial charge in [-0.1, -0.05) is 18.2 Å². The van der Waals surface area contributed by atoms with Gasteiger partial charge in [0.15, 0.2) is 0 Å². The third-order valence-electron chi connectivity index (χ3n) is 6.13. The maximum Gasteiger partial charge on any atom is 0.270 e. The van der Waals surface area contributed by atoms with E-state index in [0.717, 1.165) is 60.7 Å². The Balaban J connectivity index is 1.68. The van der Waals surface area contributed by atoms with E-state index in [0.29, 0.717) is 22.6 Å². The number of halogens is 3. The number of phenolic OH excluding ortho intramolecular Hbond substituents is 1. The molecule has 1 saturated heterocycles. The van der Waals surface area contributed by atoms with E-state index in [1.807, 2.05) is 19.1 Å². The van der Waals surface area contributed by atoms with Crippen molar-refractivity contribution in [1.29, 1.82) is 0 Å². The van der Waals surface area contributed by atoms with Crippen LogP contribution in [0.4, 0.5) is 8.78 Å². The van der Waals surface area contributed by atoms with Crippen LogP contribution in [0.1, 0.15) is 54.1 Å². The summed E-state index contributed by atoms with van der Waals surface area (Å²) in [5, 5.41) is 12.2. The van der Waals surface area contributed by atoms with E-state index >= 15 is 0 Å². The third-order valence-corrected chi connectivity index (χ3v) is 6.48. The van der Waals surface area contributed by atoms with Gasteiger partial charge < -0.3 is 15.0 Å². The molecule has 1 aromatic heterocycles. The van der Waals surface area contributed by atoms with Gasteiger partial charge in [0, 0.05) is 70.4 Å². The van der Waals surface area contributed by atoms with Crippen molar-refractivity contribution in [2.45, 2.75) is 45.5 Å². The molecule has 3 aromatic rings. The molecular weight excluding hydrogens is 418 g/mol. The Bertz CT molecular complexity index is 1140. The van der Waals surface area contributed by atoms with Gasteiger partial charge in [-0.3, -0.25) is 0 Å². The van der Waals surface area contributed by atoms with Crippen LogP contribution in [0.2, 0.25) is 5.02 Å². The van der Waals surface area contributed by atoms with Crippen LogP contribution < -0.4 is 0 Å². The number of aryl methyl sites for hydroxylation is 1. The van der Waals surface area contributed by atoms with Crippen molar-refractivity contribution < 1.29 is 13.9 Å². The second kappa shape index (κ2) is 8.19. The van der Waals surface area contributed by atoms with Crippen molar-refractivity contribution in [2.75, 3.05) is 13.1 Å². The summed E-state index contributed by atoms with van der Waals surface area (Å²) in [5.41, 5.74) is 4.44. The summed E-state index contributed by atoms with van der Waals surface area (Å²) in [7, 11) is 0. The SMILES string of the molecule is C=C(c1ccc(Cl)c(Cc2cc3cc(C(C)(F)F)cc(C)c3[nH]2)c1O)N1CCCCC1. The first-order valence-corrected chi connectivity index (χ1v) is 11.0. The van der Waals surface area contributed by atoms with E-state index in [4.69, 9.17) is 11.6 Å². The number of aromatic nitrogens is 1. The van der Waals surface area contributed by atoms with Crippen LogP contribution in [-0.4, -0.2) is 28.1 Å². The predicted octanol–water partition coefficient (Wildman–Crippen LogP) is 6.99. The van der Waals surface area contributed by atoms with Crippen LogP contribution in [0.3, 0.4) is 0 Å². The largest absolute Gasteiger partial charge is 0.507 e. The lowest BCUT2D eigenvalue weighted by atomic mass is 10.0. The van der Waals surface area contributed by atoms with Gasteiger partial charge in [0.2, 0.25) is 0 Å². The molecule has 4 rings (SSSR count). The smallest absolute Gasteiger partial charge is 0.270 e. The summed E-state index contributed by atoms with van der Waals surface area (Å²) >= 11 is 6.44. The van der Waals surface area contributed by atoms with Gasteiger partial charge in [0.25, 0.3) is 5.92 Å². The molecule has 1 fully saturated rings. The molecule has 0 amide bonds. The molecular formula is C25H27ClF2N2O. The lowest BCUT2D eigenvalue weighted by Gasteiger charge is -2.31. The van der Waals surface area contributed by atoms with E-state index in [1.165, 1.54) is 18.6 Å². The number of phenols is 1. The maximum absolute atomic E-state index is 13.8. The first-order chi connectivity index (χ1) is 14.6. The average molecular weight is 445 g/mol. The quantitative estimate of drug-likeness (QED) is 0.445. The Kier molecular flexibility index (Phi) is 5.73. The molecule has 0 radical (unpaired) electrons. The van der Waals surface area contributed by atoms with Gasteiger partial charge in [-0.2, -0.15) is 0 Å². The van der Waals surface area contributed by atoms with Crippen LogP contribution in [0.15, 0.2) is 36.9 Å². The van der Waals surface area contributed by atoms with Crippen molar-refractivity contribution >= 4 is 28.2 Å². The molecule has 0 unspecified atom stereocenters. The summed E-state index contributed by atoms with van der Waals surface area (Å²) in [6.07, 6.45) is 3.81. The van der Waals surface area contributed by atoms with Crippen molar-refractivity contribution in [1.82, 2.24) is 9.88 Å². The fourth-order valence-corrected chi connectivity index (χ4v) is 4.59. The fraction of sp³-hybridized carbons (Fsp3) is 0.360. The zero-order chi connectivity index (χ0) is 22.3. The molecule has 6 heteroatoms. The van der Waals surface area contributed by atoms with Crippen LogP contribution in [-0.2, 0) is 12.3 Å². The number of fused-ring (bicyclic) bond motifs is 1. The molecule has 2 N–H and O–H groups in total. The van der Waals surface area contributed by atoms with E-state index in [9.17, 15) is 13.9 Å². The molecule has 0 bridgehead atoms. The molecule has 1 aliphatic rings. The molecule has 0 saturated carbocycles. The number of benzene rings is 2. The van der Waals surface area contributed by atoms with E-state index in [1.54, 1.807) is 6.07 Å². The second-order valence-electron chi connectivity index (χ2n) is 8.53. The topological polar surface area (TPSA) is 39.3 Å². The number of aromatic amines is 1. The van der Waals surface area contributed by atoms with E-state index in [2.05, 4.69) is 16.5 Å². The number of likely N-dealkylation sites (tertiary alicyclic amines) is 1. The summed E-state index contributed by atoms with van der Waals surface area (Å²) in [4.78, 5) is 5.51. The minimum Gasteiger partial charge on any atom is -0.507 e. The molecule has 31 heavy (non-hydrogen) atoms. The van der Waals surface area contributed by atoms with Gasteiger partial charge in [-0.15, -0.1) is 0 Å². The molecule has 3 nitrogen and oxygen atoms in total.